The summed E-state index contributed by atoms with van der Waals surface area (Å²) in [7, 11) is 1.58. The van der Waals surface area contributed by atoms with Gasteiger partial charge < -0.3 is 15.4 Å². The van der Waals surface area contributed by atoms with Gasteiger partial charge in [-0.15, -0.1) is 0 Å². The largest absolute Gasteiger partial charge is 0.495 e. The first-order chi connectivity index (χ1) is 12.5. The van der Waals surface area contributed by atoms with Gasteiger partial charge in [0.15, 0.2) is 0 Å². The van der Waals surface area contributed by atoms with E-state index in [-0.39, 0.29) is 6.03 Å². The molecule has 0 spiro atoms. The van der Waals surface area contributed by atoms with E-state index in [4.69, 9.17) is 4.74 Å². The quantitative estimate of drug-likeness (QED) is 0.697. The van der Waals surface area contributed by atoms with Crippen molar-refractivity contribution in [2.75, 3.05) is 17.7 Å². The highest BCUT2D eigenvalue weighted by Crippen LogP contribution is 2.26. The van der Waals surface area contributed by atoms with E-state index in [9.17, 15) is 4.79 Å². The van der Waals surface area contributed by atoms with Crippen molar-refractivity contribution in [3.8, 4) is 16.9 Å². The molecule has 0 aliphatic carbocycles. The summed E-state index contributed by atoms with van der Waals surface area (Å²) in [6, 6.07) is 17.0. The van der Waals surface area contributed by atoms with Crippen LogP contribution in [0.4, 0.5) is 16.2 Å². The number of benzene rings is 2. The van der Waals surface area contributed by atoms with Gasteiger partial charge in [0, 0.05) is 17.6 Å². The molecule has 132 valence electrons. The number of hydrogen-bond acceptors (Lipinski definition) is 3. The van der Waals surface area contributed by atoms with Gasteiger partial charge in [-0.1, -0.05) is 18.2 Å². The maximum Gasteiger partial charge on any atom is 0.323 e. The molecule has 2 amide bonds. The fourth-order valence-corrected chi connectivity index (χ4v) is 2.68. The van der Waals surface area contributed by atoms with Crippen LogP contribution in [0.2, 0.25) is 0 Å². The van der Waals surface area contributed by atoms with Crippen molar-refractivity contribution < 1.29 is 9.53 Å². The van der Waals surface area contributed by atoms with Gasteiger partial charge in [-0.3, -0.25) is 4.98 Å². The fraction of sp³-hybridized carbons (Fsp3) is 0.143. The molecule has 26 heavy (non-hydrogen) atoms. The summed E-state index contributed by atoms with van der Waals surface area (Å²) >= 11 is 0. The molecular weight excluding hydrogens is 326 g/mol. The van der Waals surface area contributed by atoms with Gasteiger partial charge in [-0.25, -0.2) is 4.79 Å². The lowest BCUT2D eigenvalue weighted by Crippen LogP contribution is -2.19. The van der Waals surface area contributed by atoms with Gasteiger partial charge in [0.05, 0.1) is 12.8 Å². The lowest BCUT2D eigenvalue weighted by Gasteiger charge is -2.12. The molecule has 2 aromatic carbocycles. The third-order valence-electron chi connectivity index (χ3n) is 3.98. The molecule has 0 bridgehead atoms. The number of nitrogens with zero attached hydrogens (tertiary/aromatic N) is 1. The number of hydrogen-bond donors (Lipinski definition) is 2. The highest BCUT2D eigenvalue weighted by atomic mass is 16.5. The van der Waals surface area contributed by atoms with Gasteiger partial charge >= 0.3 is 6.03 Å². The Bertz CT molecular complexity index is 921. The van der Waals surface area contributed by atoms with Crippen LogP contribution in [-0.2, 0) is 0 Å². The molecule has 0 fully saturated rings. The van der Waals surface area contributed by atoms with Crippen molar-refractivity contribution in [3.05, 3.63) is 72.1 Å². The first-order valence-corrected chi connectivity index (χ1v) is 8.31. The monoisotopic (exact) mass is 347 g/mol. The maximum absolute atomic E-state index is 12.3. The van der Waals surface area contributed by atoms with Crippen molar-refractivity contribution in [3.63, 3.8) is 0 Å². The van der Waals surface area contributed by atoms with Gasteiger partial charge in [0.2, 0.25) is 0 Å². The minimum absolute atomic E-state index is 0.318. The standard InChI is InChI=1S/C21H21N3O2/c1-14-4-9-20(26-3)19(12-14)24-21(25)23-18-7-5-16(6-8-18)17-10-11-22-15(2)13-17/h4-13H,1-3H3,(H2,23,24,25). The molecule has 0 radical (unpaired) electrons. The second-order valence-electron chi connectivity index (χ2n) is 6.05. The second-order valence-corrected chi connectivity index (χ2v) is 6.05. The van der Waals surface area contributed by atoms with Crippen molar-refractivity contribution in [1.29, 1.82) is 0 Å². The minimum Gasteiger partial charge on any atom is -0.495 e. The molecule has 2 N–H and O–H groups in total. The predicted octanol–water partition coefficient (Wildman–Crippen LogP) is 5.02. The van der Waals surface area contributed by atoms with Crippen molar-refractivity contribution in [2.24, 2.45) is 0 Å². The normalized spacial score (nSPS) is 10.3. The Morgan fingerprint density at radius 1 is 0.923 bits per heavy atom. The van der Waals surface area contributed by atoms with Crippen LogP contribution in [0.15, 0.2) is 60.8 Å². The number of aryl methyl sites for hydroxylation is 2. The molecule has 1 aromatic heterocycles. The first kappa shape index (κ1) is 17.5. The lowest BCUT2D eigenvalue weighted by molar-refractivity contribution is 0.262. The van der Waals surface area contributed by atoms with Crippen LogP contribution < -0.4 is 15.4 Å². The Morgan fingerprint density at radius 3 is 2.38 bits per heavy atom. The number of urea groups is 1. The Kier molecular flexibility index (Phi) is 5.17. The van der Waals surface area contributed by atoms with Crippen molar-refractivity contribution in [2.45, 2.75) is 13.8 Å². The van der Waals surface area contributed by atoms with E-state index in [1.165, 1.54) is 0 Å². The number of methoxy groups -OCH3 is 1. The summed E-state index contributed by atoms with van der Waals surface area (Å²) in [5.74, 6) is 0.620. The van der Waals surface area contributed by atoms with E-state index in [1.807, 2.05) is 68.4 Å². The van der Waals surface area contributed by atoms with E-state index < -0.39 is 0 Å². The summed E-state index contributed by atoms with van der Waals surface area (Å²) < 4.78 is 5.28. The van der Waals surface area contributed by atoms with Crippen LogP contribution in [0.3, 0.4) is 0 Å². The van der Waals surface area contributed by atoms with Crippen LogP contribution in [0.5, 0.6) is 5.75 Å². The van der Waals surface area contributed by atoms with Crippen molar-refractivity contribution in [1.82, 2.24) is 4.98 Å². The SMILES string of the molecule is COc1ccc(C)cc1NC(=O)Nc1ccc(-c2ccnc(C)c2)cc1. The van der Waals surface area contributed by atoms with Gasteiger partial charge in [0.25, 0.3) is 0 Å². The summed E-state index contributed by atoms with van der Waals surface area (Å²) in [5.41, 5.74) is 5.52. The molecule has 1 heterocycles. The summed E-state index contributed by atoms with van der Waals surface area (Å²) in [6.07, 6.45) is 1.79. The van der Waals surface area contributed by atoms with Crippen LogP contribution in [0.25, 0.3) is 11.1 Å². The third-order valence-corrected chi connectivity index (χ3v) is 3.98. The molecule has 5 nitrogen and oxygen atoms in total. The number of aromatic nitrogens is 1. The molecule has 3 aromatic rings. The molecule has 0 aliphatic heterocycles. The molecule has 0 unspecified atom stereocenters. The number of amides is 2. The van der Waals surface area contributed by atoms with E-state index in [2.05, 4.69) is 15.6 Å². The second kappa shape index (κ2) is 7.70. The molecule has 0 saturated carbocycles. The molecule has 0 aliphatic rings. The van der Waals surface area contributed by atoms with Gasteiger partial charge in [-0.05, 0) is 66.9 Å². The van der Waals surface area contributed by atoms with Crippen LogP contribution >= 0.6 is 0 Å². The number of anilines is 2. The molecular formula is C21H21N3O2. The maximum atomic E-state index is 12.3. The topological polar surface area (TPSA) is 63.2 Å². The number of nitrogens with one attached hydrogen (secondary N) is 2. The van der Waals surface area contributed by atoms with Gasteiger partial charge in [-0.2, -0.15) is 0 Å². The van der Waals surface area contributed by atoms with Gasteiger partial charge in [0.1, 0.15) is 5.75 Å². The first-order valence-electron chi connectivity index (χ1n) is 8.31. The number of ether oxygens (including phenoxy) is 1. The Hall–Kier alpha value is -3.34. The van der Waals surface area contributed by atoms with Crippen LogP contribution in [-0.4, -0.2) is 18.1 Å². The average Bonchev–Trinajstić information content (AvgIpc) is 2.62. The zero-order chi connectivity index (χ0) is 18.5. The zero-order valence-electron chi connectivity index (χ0n) is 15.0. The van der Waals surface area contributed by atoms with Crippen LogP contribution in [0.1, 0.15) is 11.3 Å². The summed E-state index contributed by atoms with van der Waals surface area (Å²) in [5, 5.41) is 5.65. The predicted molar refractivity (Wildman–Crippen MR) is 105 cm³/mol. The summed E-state index contributed by atoms with van der Waals surface area (Å²) in [6.45, 7) is 3.92. The molecule has 0 saturated heterocycles. The number of pyridine rings is 1. The lowest BCUT2D eigenvalue weighted by atomic mass is 10.1. The van der Waals surface area contributed by atoms with E-state index in [0.29, 0.717) is 17.1 Å². The Morgan fingerprint density at radius 2 is 1.69 bits per heavy atom. The Labute approximate surface area is 153 Å². The smallest absolute Gasteiger partial charge is 0.323 e. The number of carbonyl (C=O) groups is 1. The minimum atomic E-state index is -0.318. The third kappa shape index (κ3) is 4.19. The number of rotatable bonds is 4. The zero-order valence-corrected chi connectivity index (χ0v) is 15.0. The fourth-order valence-electron chi connectivity index (χ4n) is 2.68. The molecule has 3 rings (SSSR count). The highest BCUT2D eigenvalue weighted by molar-refractivity contribution is 6.00. The van der Waals surface area contributed by atoms with E-state index in [1.54, 1.807) is 13.3 Å². The van der Waals surface area contributed by atoms with E-state index in [0.717, 1.165) is 22.4 Å². The average molecular weight is 347 g/mol. The van der Waals surface area contributed by atoms with E-state index >= 15 is 0 Å². The van der Waals surface area contributed by atoms with Crippen molar-refractivity contribution >= 4 is 17.4 Å². The number of carbonyl (C=O) groups excluding carboxylic acids is 1. The molecule has 5 heteroatoms. The van der Waals surface area contributed by atoms with Crippen LogP contribution in [0, 0.1) is 13.8 Å². The highest BCUT2D eigenvalue weighted by Gasteiger charge is 2.08. The summed E-state index contributed by atoms with van der Waals surface area (Å²) in [4.78, 5) is 16.5. The molecule has 0 atom stereocenters. The Balaban J connectivity index is 1.69.